The minimum atomic E-state index is 0.0154. The van der Waals surface area contributed by atoms with Crippen molar-refractivity contribution >= 4 is 5.65 Å². The van der Waals surface area contributed by atoms with Gasteiger partial charge in [-0.3, -0.25) is 0 Å². The molecule has 1 atom stereocenters. The topological polar surface area (TPSA) is 62.9 Å². The lowest BCUT2D eigenvalue weighted by Gasteiger charge is -2.29. The minimum Gasteiger partial charge on any atom is -0.472 e. The molecule has 1 aromatic carbocycles. The molecular weight excluding hydrogens is 316 g/mol. The van der Waals surface area contributed by atoms with E-state index in [0.29, 0.717) is 5.88 Å². The Kier molecular flexibility index (Phi) is 4.38. The maximum absolute atomic E-state index is 9.36. The van der Waals surface area contributed by atoms with Gasteiger partial charge in [-0.15, -0.1) is 5.10 Å². The summed E-state index contributed by atoms with van der Waals surface area (Å²) in [5.41, 5.74) is 3.50. The maximum Gasteiger partial charge on any atom is 0.232 e. The first-order valence-corrected chi connectivity index (χ1v) is 8.63. The van der Waals surface area contributed by atoms with E-state index in [0.717, 1.165) is 48.4 Å². The van der Waals surface area contributed by atoms with Gasteiger partial charge in [0.2, 0.25) is 5.88 Å². The van der Waals surface area contributed by atoms with Crippen molar-refractivity contribution in [2.45, 2.75) is 25.6 Å². The van der Waals surface area contributed by atoms with Gasteiger partial charge in [0.15, 0.2) is 5.65 Å². The number of likely N-dealkylation sites (tertiary alicyclic amines) is 1. The average Bonchev–Trinajstić information content (AvgIpc) is 3.05. The normalized spacial score (nSPS) is 18.6. The van der Waals surface area contributed by atoms with Gasteiger partial charge < -0.3 is 14.7 Å². The summed E-state index contributed by atoms with van der Waals surface area (Å²) in [6.45, 7) is 2.07. The summed E-state index contributed by atoms with van der Waals surface area (Å²) < 4.78 is 7.90. The molecule has 4 rings (SSSR count). The van der Waals surface area contributed by atoms with E-state index < -0.39 is 0 Å². The van der Waals surface area contributed by atoms with Crippen LogP contribution in [0.15, 0.2) is 42.6 Å². The molecule has 25 heavy (non-hydrogen) atoms. The highest BCUT2D eigenvalue weighted by Gasteiger charge is 2.19. The largest absolute Gasteiger partial charge is 0.472 e. The second kappa shape index (κ2) is 6.82. The second-order valence-corrected chi connectivity index (χ2v) is 6.59. The zero-order chi connectivity index (χ0) is 17.2. The molecule has 1 aliphatic rings. The average molecular weight is 338 g/mol. The summed E-state index contributed by atoms with van der Waals surface area (Å²) in [7, 11) is 2.12. The van der Waals surface area contributed by atoms with Crippen LogP contribution in [0.3, 0.4) is 0 Å². The van der Waals surface area contributed by atoms with E-state index in [1.54, 1.807) is 10.7 Å². The molecule has 6 heteroatoms. The van der Waals surface area contributed by atoms with Gasteiger partial charge in [0.25, 0.3) is 0 Å². The van der Waals surface area contributed by atoms with E-state index in [2.05, 4.69) is 22.0 Å². The lowest BCUT2D eigenvalue weighted by molar-refractivity contribution is 0.0988. The molecule has 6 nitrogen and oxygen atoms in total. The van der Waals surface area contributed by atoms with Crippen LogP contribution in [0.1, 0.15) is 18.4 Å². The third-order valence-electron chi connectivity index (χ3n) is 4.61. The third kappa shape index (κ3) is 3.36. The van der Waals surface area contributed by atoms with Crippen LogP contribution in [0.4, 0.5) is 0 Å². The molecule has 130 valence electrons. The van der Waals surface area contributed by atoms with Crippen LogP contribution < -0.4 is 4.74 Å². The van der Waals surface area contributed by atoms with Gasteiger partial charge in [0.05, 0.1) is 18.5 Å². The number of ether oxygens (including phenoxy) is 1. The number of likely N-dealkylation sites (N-methyl/N-ethyl adjacent to an activating group) is 1. The van der Waals surface area contributed by atoms with Gasteiger partial charge in [-0.05, 0) is 44.1 Å². The minimum absolute atomic E-state index is 0.0154. The Morgan fingerprint density at radius 1 is 1.28 bits per heavy atom. The highest BCUT2D eigenvalue weighted by molar-refractivity contribution is 5.63. The third-order valence-corrected chi connectivity index (χ3v) is 4.61. The van der Waals surface area contributed by atoms with Crippen molar-refractivity contribution in [3.8, 4) is 17.1 Å². The SMILES string of the molecule is CN1CCCC(Oc2ccc3ncc(-c4cccc(CO)c4)n3n2)C1. The van der Waals surface area contributed by atoms with Crippen LogP contribution in [0.5, 0.6) is 5.88 Å². The quantitative estimate of drug-likeness (QED) is 0.791. The molecule has 0 bridgehead atoms. The number of aromatic nitrogens is 3. The molecule has 1 fully saturated rings. The van der Waals surface area contributed by atoms with Gasteiger partial charge in [-0.25, -0.2) is 9.50 Å². The number of imidazole rings is 1. The molecule has 0 radical (unpaired) electrons. The molecule has 3 aromatic rings. The number of aliphatic hydroxyl groups excluding tert-OH is 1. The number of benzene rings is 1. The summed E-state index contributed by atoms with van der Waals surface area (Å²) in [4.78, 5) is 6.71. The molecule has 1 unspecified atom stereocenters. The van der Waals surface area contributed by atoms with E-state index in [-0.39, 0.29) is 12.7 Å². The molecule has 0 amide bonds. The fourth-order valence-corrected chi connectivity index (χ4v) is 3.33. The van der Waals surface area contributed by atoms with E-state index in [1.165, 1.54) is 0 Å². The Morgan fingerprint density at radius 3 is 3.04 bits per heavy atom. The predicted octanol–water partition coefficient (Wildman–Crippen LogP) is 2.36. The molecule has 1 N–H and O–H groups in total. The molecule has 1 aliphatic heterocycles. The van der Waals surface area contributed by atoms with Crippen molar-refractivity contribution in [1.82, 2.24) is 19.5 Å². The summed E-state index contributed by atoms with van der Waals surface area (Å²) >= 11 is 0. The van der Waals surface area contributed by atoms with Crippen LogP contribution in [-0.2, 0) is 6.61 Å². The first kappa shape index (κ1) is 16.1. The molecular formula is C19H22N4O2. The number of hydrogen-bond acceptors (Lipinski definition) is 5. The number of piperidine rings is 1. The fraction of sp³-hybridized carbons (Fsp3) is 0.368. The Hall–Kier alpha value is -2.44. The van der Waals surface area contributed by atoms with Gasteiger partial charge >= 0.3 is 0 Å². The zero-order valence-corrected chi connectivity index (χ0v) is 14.3. The Morgan fingerprint density at radius 2 is 2.20 bits per heavy atom. The molecule has 1 saturated heterocycles. The second-order valence-electron chi connectivity index (χ2n) is 6.59. The van der Waals surface area contributed by atoms with Crippen molar-refractivity contribution in [3.63, 3.8) is 0 Å². The predicted molar refractivity (Wildman–Crippen MR) is 95.5 cm³/mol. The first-order valence-electron chi connectivity index (χ1n) is 8.63. The molecule has 0 aliphatic carbocycles. The van der Waals surface area contributed by atoms with Gasteiger partial charge in [-0.2, -0.15) is 0 Å². The lowest BCUT2D eigenvalue weighted by atomic mass is 10.1. The summed E-state index contributed by atoms with van der Waals surface area (Å²) in [6.07, 6.45) is 4.18. The Balaban J connectivity index is 1.65. The monoisotopic (exact) mass is 338 g/mol. The highest BCUT2D eigenvalue weighted by atomic mass is 16.5. The maximum atomic E-state index is 9.36. The van der Waals surface area contributed by atoms with E-state index >= 15 is 0 Å². The summed E-state index contributed by atoms with van der Waals surface area (Å²) in [5.74, 6) is 0.616. The number of aliphatic hydroxyl groups is 1. The number of rotatable bonds is 4. The van der Waals surface area contributed by atoms with Crippen LogP contribution >= 0.6 is 0 Å². The molecule has 0 spiro atoms. The van der Waals surface area contributed by atoms with Gasteiger partial charge in [0.1, 0.15) is 6.10 Å². The number of fused-ring (bicyclic) bond motifs is 1. The molecule has 0 saturated carbocycles. The smallest absolute Gasteiger partial charge is 0.232 e. The van der Waals surface area contributed by atoms with Crippen LogP contribution in [0.2, 0.25) is 0 Å². The van der Waals surface area contributed by atoms with Crippen molar-refractivity contribution < 1.29 is 9.84 Å². The van der Waals surface area contributed by atoms with E-state index in [4.69, 9.17) is 4.74 Å². The van der Waals surface area contributed by atoms with Crippen molar-refractivity contribution in [1.29, 1.82) is 0 Å². The summed E-state index contributed by atoms with van der Waals surface area (Å²) in [6, 6.07) is 11.6. The summed E-state index contributed by atoms with van der Waals surface area (Å²) in [5, 5.41) is 14.0. The lowest BCUT2D eigenvalue weighted by Crippen LogP contribution is -2.38. The number of hydrogen-bond donors (Lipinski definition) is 1. The van der Waals surface area contributed by atoms with Crippen molar-refractivity contribution in [2.75, 3.05) is 20.1 Å². The van der Waals surface area contributed by atoms with Crippen LogP contribution in [0, 0.1) is 0 Å². The Bertz CT molecular complexity index is 877. The first-order chi connectivity index (χ1) is 12.2. The highest BCUT2D eigenvalue weighted by Crippen LogP contribution is 2.23. The van der Waals surface area contributed by atoms with Crippen LogP contribution in [0.25, 0.3) is 16.9 Å². The number of nitrogens with zero attached hydrogens (tertiary/aromatic N) is 4. The fourth-order valence-electron chi connectivity index (χ4n) is 3.33. The molecule has 3 heterocycles. The van der Waals surface area contributed by atoms with Crippen LogP contribution in [-0.4, -0.2) is 50.8 Å². The van der Waals surface area contributed by atoms with Crippen molar-refractivity contribution in [3.05, 3.63) is 48.2 Å². The zero-order valence-electron chi connectivity index (χ0n) is 14.3. The molecule has 2 aromatic heterocycles. The van der Waals surface area contributed by atoms with Gasteiger partial charge in [0, 0.05) is 18.2 Å². The van der Waals surface area contributed by atoms with E-state index in [9.17, 15) is 5.11 Å². The Labute approximate surface area is 146 Å². The van der Waals surface area contributed by atoms with E-state index in [1.807, 2.05) is 36.4 Å². The standard InChI is InChI=1S/C19H22N4O2/c1-22-9-3-6-16(12-22)25-19-8-7-18-20-11-17(23(18)21-19)15-5-2-4-14(10-15)13-24/h2,4-5,7-8,10-11,16,24H,3,6,9,12-13H2,1H3. The van der Waals surface area contributed by atoms with Crippen molar-refractivity contribution in [2.24, 2.45) is 0 Å². The van der Waals surface area contributed by atoms with Gasteiger partial charge in [-0.1, -0.05) is 18.2 Å².